The summed E-state index contributed by atoms with van der Waals surface area (Å²) in [4.78, 5) is 24.3. The van der Waals surface area contributed by atoms with E-state index in [1.807, 2.05) is 11.8 Å². The van der Waals surface area contributed by atoms with Crippen LogP contribution in [0, 0.1) is 0 Å². The fourth-order valence-corrected chi connectivity index (χ4v) is 3.71. The molecule has 1 saturated heterocycles. The Bertz CT molecular complexity index is 827. The molecule has 2 aromatic rings. The molecule has 0 unspecified atom stereocenters. The number of aromatic nitrogens is 1. The number of alkyl halides is 3. The van der Waals surface area contributed by atoms with Gasteiger partial charge in [-0.3, -0.25) is 9.79 Å². The highest BCUT2D eigenvalue weighted by atomic mass is 32.1. The number of halogens is 3. The monoisotopic (exact) mass is 429 g/mol. The molecule has 11 heteroatoms. The molecule has 0 spiro atoms. The molecule has 0 radical (unpaired) electrons. The molecule has 2 aromatic heterocycles. The normalized spacial score (nSPS) is 15.7. The number of piperazine rings is 1. The highest BCUT2D eigenvalue weighted by Crippen LogP contribution is 2.30. The van der Waals surface area contributed by atoms with E-state index in [0.29, 0.717) is 62.4 Å². The Balaban J connectivity index is 1.54. The molecular weight excluding hydrogens is 407 g/mol. The number of hydrogen-bond donors (Lipinski definition) is 1. The number of carbonyl (C=O) groups is 1. The Labute approximate surface area is 170 Å². The van der Waals surface area contributed by atoms with E-state index < -0.39 is 11.9 Å². The number of thiazole rings is 1. The molecule has 0 aliphatic carbocycles. The van der Waals surface area contributed by atoms with E-state index in [0.717, 1.165) is 16.7 Å². The van der Waals surface area contributed by atoms with Gasteiger partial charge >= 0.3 is 6.18 Å². The summed E-state index contributed by atoms with van der Waals surface area (Å²) in [5.74, 6) is 0.867. The second-order valence-corrected chi connectivity index (χ2v) is 7.31. The quantitative estimate of drug-likeness (QED) is 0.585. The lowest BCUT2D eigenvalue weighted by atomic mass is 10.3. The van der Waals surface area contributed by atoms with Gasteiger partial charge in [0.25, 0.3) is 5.91 Å². The van der Waals surface area contributed by atoms with Gasteiger partial charge in [0.2, 0.25) is 0 Å². The van der Waals surface area contributed by atoms with Crippen LogP contribution in [0.3, 0.4) is 0 Å². The number of guanidine groups is 1. The average molecular weight is 429 g/mol. The number of amides is 1. The van der Waals surface area contributed by atoms with E-state index >= 15 is 0 Å². The summed E-state index contributed by atoms with van der Waals surface area (Å²) in [6.07, 6.45) is -2.61. The van der Waals surface area contributed by atoms with Gasteiger partial charge in [-0.25, -0.2) is 4.98 Å². The molecular formula is C18H22F3N5O2S. The van der Waals surface area contributed by atoms with Crippen molar-refractivity contribution in [2.45, 2.75) is 19.5 Å². The van der Waals surface area contributed by atoms with Crippen molar-refractivity contribution < 1.29 is 22.4 Å². The number of nitrogens with one attached hydrogen (secondary N) is 1. The van der Waals surface area contributed by atoms with Crippen LogP contribution in [0.1, 0.15) is 28.2 Å². The van der Waals surface area contributed by atoms with Crippen molar-refractivity contribution >= 4 is 23.2 Å². The number of hydrogen-bond acceptors (Lipinski definition) is 5. The van der Waals surface area contributed by atoms with Crippen LogP contribution in [0.15, 0.2) is 33.2 Å². The van der Waals surface area contributed by atoms with Gasteiger partial charge in [0.05, 0.1) is 11.3 Å². The highest BCUT2D eigenvalue weighted by molar-refractivity contribution is 7.09. The van der Waals surface area contributed by atoms with Gasteiger partial charge in [0.15, 0.2) is 17.4 Å². The molecule has 1 N–H and O–H groups in total. The first-order chi connectivity index (χ1) is 13.9. The summed E-state index contributed by atoms with van der Waals surface area (Å²) in [7, 11) is 0. The van der Waals surface area contributed by atoms with Crippen LogP contribution in [-0.2, 0) is 12.6 Å². The average Bonchev–Trinajstić information content (AvgIpc) is 3.39. The van der Waals surface area contributed by atoms with Gasteiger partial charge in [-0.1, -0.05) is 0 Å². The van der Waals surface area contributed by atoms with Gasteiger partial charge in [-0.05, 0) is 19.1 Å². The predicted octanol–water partition coefficient (Wildman–Crippen LogP) is 2.72. The minimum absolute atomic E-state index is 0.138. The summed E-state index contributed by atoms with van der Waals surface area (Å²) in [6.45, 7) is 5.22. The molecule has 7 nitrogen and oxygen atoms in total. The first kappa shape index (κ1) is 21.2. The molecule has 0 aromatic carbocycles. The van der Waals surface area contributed by atoms with Crippen molar-refractivity contribution in [3.05, 3.63) is 40.2 Å². The molecule has 1 aliphatic heterocycles. The van der Waals surface area contributed by atoms with E-state index in [4.69, 9.17) is 4.42 Å². The summed E-state index contributed by atoms with van der Waals surface area (Å²) >= 11 is 0.992. The predicted molar refractivity (Wildman–Crippen MR) is 103 cm³/mol. The van der Waals surface area contributed by atoms with Crippen LogP contribution in [0.2, 0.25) is 0 Å². The molecule has 0 atom stereocenters. The lowest BCUT2D eigenvalue weighted by Gasteiger charge is -2.36. The molecule has 0 saturated carbocycles. The highest BCUT2D eigenvalue weighted by Gasteiger charge is 2.33. The Morgan fingerprint density at radius 1 is 1.31 bits per heavy atom. The summed E-state index contributed by atoms with van der Waals surface area (Å²) in [5.41, 5.74) is -0.856. The number of aliphatic imine (C=N–C) groups is 1. The van der Waals surface area contributed by atoms with Crippen molar-refractivity contribution in [1.82, 2.24) is 20.1 Å². The van der Waals surface area contributed by atoms with Gasteiger partial charge in [0, 0.05) is 51.1 Å². The minimum Gasteiger partial charge on any atom is -0.459 e. The molecule has 29 heavy (non-hydrogen) atoms. The van der Waals surface area contributed by atoms with Gasteiger partial charge < -0.3 is 19.5 Å². The van der Waals surface area contributed by atoms with Crippen LogP contribution in [0.4, 0.5) is 13.2 Å². The third kappa shape index (κ3) is 5.49. The zero-order valence-corrected chi connectivity index (χ0v) is 16.7. The Morgan fingerprint density at radius 2 is 2.03 bits per heavy atom. The summed E-state index contributed by atoms with van der Waals surface area (Å²) in [6, 6.07) is 3.32. The zero-order valence-electron chi connectivity index (χ0n) is 15.9. The largest absolute Gasteiger partial charge is 0.459 e. The van der Waals surface area contributed by atoms with Crippen molar-refractivity contribution in [2.24, 2.45) is 4.99 Å². The zero-order chi connectivity index (χ0) is 20.9. The Morgan fingerprint density at radius 3 is 2.62 bits per heavy atom. The lowest BCUT2D eigenvalue weighted by Crippen LogP contribution is -2.53. The molecule has 3 heterocycles. The summed E-state index contributed by atoms with van der Waals surface area (Å²) < 4.78 is 43.1. The number of nitrogens with zero attached hydrogens (tertiary/aromatic N) is 4. The fourth-order valence-electron chi connectivity index (χ4n) is 2.92. The smallest absolute Gasteiger partial charge is 0.434 e. The van der Waals surface area contributed by atoms with Crippen molar-refractivity contribution in [1.29, 1.82) is 0 Å². The van der Waals surface area contributed by atoms with E-state index in [1.165, 1.54) is 6.26 Å². The second kappa shape index (κ2) is 9.29. The lowest BCUT2D eigenvalue weighted by molar-refractivity contribution is -0.140. The maximum Gasteiger partial charge on any atom is 0.434 e. The van der Waals surface area contributed by atoms with Crippen molar-refractivity contribution in [3.63, 3.8) is 0 Å². The Hall–Kier alpha value is -2.56. The van der Waals surface area contributed by atoms with Gasteiger partial charge in [-0.15, -0.1) is 11.3 Å². The third-order valence-corrected chi connectivity index (χ3v) is 5.27. The number of carbonyl (C=O) groups excluding carboxylic acids is 1. The van der Waals surface area contributed by atoms with Crippen LogP contribution in [-0.4, -0.2) is 65.9 Å². The van der Waals surface area contributed by atoms with Crippen LogP contribution < -0.4 is 5.32 Å². The maximum atomic E-state index is 12.6. The first-order valence-electron chi connectivity index (χ1n) is 9.26. The van der Waals surface area contributed by atoms with Crippen molar-refractivity contribution in [2.75, 3.05) is 39.3 Å². The van der Waals surface area contributed by atoms with Crippen molar-refractivity contribution in [3.8, 4) is 0 Å². The van der Waals surface area contributed by atoms with E-state index in [-0.39, 0.29) is 5.91 Å². The standard InChI is InChI=1S/C18H22F3N5O2S/c1-2-22-17(23-6-5-15-24-14(12-29-15)18(19,20)21)26-9-7-25(8-10-26)16(27)13-4-3-11-28-13/h3-4,11-12H,2,5-10H2,1H3,(H,22,23). The second-order valence-electron chi connectivity index (χ2n) is 6.37. The molecule has 1 amide bonds. The molecule has 1 aliphatic rings. The van der Waals surface area contributed by atoms with Crippen LogP contribution in [0.25, 0.3) is 0 Å². The van der Waals surface area contributed by atoms with E-state index in [1.54, 1.807) is 17.0 Å². The van der Waals surface area contributed by atoms with E-state index in [9.17, 15) is 18.0 Å². The topological polar surface area (TPSA) is 74.0 Å². The van der Waals surface area contributed by atoms with E-state index in [2.05, 4.69) is 15.3 Å². The molecule has 158 valence electrons. The van der Waals surface area contributed by atoms with Gasteiger partial charge in [-0.2, -0.15) is 13.2 Å². The molecule has 1 fully saturated rings. The van der Waals surface area contributed by atoms with Crippen LogP contribution >= 0.6 is 11.3 Å². The maximum absolute atomic E-state index is 12.6. The minimum atomic E-state index is -4.42. The molecule has 3 rings (SSSR count). The SMILES string of the molecule is CCNC(=NCCc1nc(C(F)(F)F)cs1)N1CCN(C(=O)c2ccco2)CC1. The fraction of sp³-hybridized carbons (Fsp3) is 0.500. The van der Waals surface area contributed by atoms with Gasteiger partial charge in [0.1, 0.15) is 0 Å². The molecule has 0 bridgehead atoms. The first-order valence-corrected chi connectivity index (χ1v) is 10.1. The number of furan rings is 1. The third-order valence-electron chi connectivity index (χ3n) is 4.36. The Kier molecular flexibility index (Phi) is 6.78. The number of rotatable bonds is 5. The van der Waals surface area contributed by atoms with Crippen LogP contribution in [0.5, 0.6) is 0 Å². The summed E-state index contributed by atoms with van der Waals surface area (Å²) in [5, 5.41) is 4.63.